The molecule has 8 heteroatoms. The van der Waals surface area contributed by atoms with Crippen molar-refractivity contribution in [3.05, 3.63) is 82.5 Å². The van der Waals surface area contributed by atoms with Crippen LogP contribution in [0, 0.1) is 19.7 Å². The molecule has 1 unspecified atom stereocenters. The zero-order chi connectivity index (χ0) is 20.0. The summed E-state index contributed by atoms with van der Waals surface area (Å²) in [7, 11) is 0. The number of carbonyl (C=O) groups is 2. The minimum absolute atomic E-state index is 0.0344. The lowest BCUT2D eigenvalue weighted by Gasteiger charge is -2.24. The van der Waals surface area contributed by atoms with Crippen molar-refractivity contribution in [2.45, 2.75) is 19.9 Å². The van der Waals surface area contributed by atoms with Crippen LogP contribution in [0.5, 0.6) is 0 Å². The highest BCUT2D eigenvalue weighted by atomic mass is 19.1. The Morgan fingerprint density at radius 1 is 1.18 bits per heavy atom. The summed E-state index contributed by atoms with van der Waals surface area (Å²) in [5, 5.41) is 14.3. The average Bonchev–Trinajstić information content (AvgIpc) is 3.35. The van der Waals surface area contributed by atoms with Crippen LogP contribution in [0.3, 0.4) is 0 Å². The van der Waals surface area contributed by atoms with Gasteiger partial charge in [0.15, 0.2) is 17.3 Å². The first-order valence-electron chi connectivity index (χ1n) is 8.44. The van der Waals surface area contributed by atoms with Crippen molar-refractivity contribution >= 4 is 17.5 Å². The maximum absolute atomic E-state index is 14.6. The largest absolute Gasteiger partial charge is 0.503 e. The van der Waals surface area contributed by atoms with Crippen molar-refractivity contribution in [3.63, 3.8) is 0 Å². The monoisotopic (exact) mass is 382 g/mol. The van der Waals surface area contributed by atoms with Crippen LogP contribution in [0.25, 0.3) is 0 Å². The highest BCUT2D eigenvalue weighted by molar-refractivity contribution is 6.19. The van der Waals surface area contributed by atoms with E-state index in [4.69, 9.17) is 8.94 Å². The summed E-state index contributed by atoms with van der Waals surface area (Å²) < 4.78 is 25.0. The number of aliphatic hydroxyl groups is 1. The van der Waals surface area contributed by atoms with E-state index < -0.39 is 29.3 Å². The molecule has 1 aliphatic heterocycles. The molecule has 4 rings (SSSR count). The number of Topliss-reactive ketones (excluding diaryl/α,β-unsaturated/α-hetero) is 1. The molecule has 0 saturated heterocycles. The number of ketones is 1. The molecule has 0 spiro atoms. The number of aliphatic hydroxyl groups excluding tert-OH is 1. The second-order valence-electron chi connectivity index (χ2n) is 6.40. The number of aryl methyl sites for hydroxylation is 2. The number of aromatic nitrogens is 1. The Morgan fingerprint density at radius 3 is 2.54 bits per heavy atom. The number of anilines is 1. The third-order valence-corrected chi connectivity index (χ3v) is 4.48. The quantitative estimate of drug-likeness (QED) is 0.690. The van der Waals surface area contributed by atoms with E-state index in [9.17, 15) is 19.1 Å². The second-order valence-corrected chi connectivity index (χ2v) is 6.40. The number of halogens is 1. The van der Waals surface area contributed by atoms with E-state index in [1.807, 2.05) is 0 Å². The lowest BCUT2D eigenvalue weighted by molar-refractivity contribution is -0.117. The van der Waals surface area contributed by atoms with E-state index in [0.717, 1.165) is 4.90 Å². The molecule has 0 radical (unpaired) electrons. The van der Waals surface area contributed by atoms with E-state index in [2.05, 4.69) is 5.16 Å². The lowest BCUT2D eigenvalue weighted by atomic mass is 9.94. The van der Waals surface area contributed by atoms with Gasteiger partial charge in [-0.25, -0.2) is 4.39 Å². The number of hydrogen-bond acceptors (Lipinski definition) is 6. The van der Waals surface area contributed by atoms with Gasteiger partial charge in [0.05, 0.1) is 11.6 Å². The third-order valence-electron chi connectivity index (χ3n) is 4.48. The smallest absolute Gasteiger partial charge is 0.295 e. The topological polar surface area (TPSA) is 96.8 Å². The Hall–Kier alpha value is -3.68. The van der Waals surface area contributed by atoms with Gasteiger partial charge in [-0.2, -0.15) is 0 Å². The Kier molecular flexibility index (Phi) is 4.11. The van der Waals surface area contributed by atoms with E-state index >= 15 is 0 Å². The first kappa shape index (κ1) is 17.7. The molecule has 7 nitrogen and oxygen atoms in total. The SMILES string of the molecule is Cc1cc(N2C(=O)C(O)=C(C(=O)c3ccc(C)o3)C2c2ccccc2F)no1. The van der Waals surface area contributed by atoms with Crippen LogP contribution in [-0.4, -0.2) is 22.0 Å². The molecule has 3 heterocycles. The summed E-state index contributed by atoms with van der Waals surface area (Å²) in [6.07, 6.45) is 0. The number of nitrogens with zero attached hydrogens (tertiary/aromatic N) is 2. The molecule has 0 fully saturated rings. The minimum Gasteiger partial charge on any atom is -0.503 e. The van der Waals surface area contributed by atoms with Gasteiger partial charge in [0.2, 0.25) is 5.78 Å². The van der Waals surface area contributed by atoms with Crippen molar-refractivity contribution in [2.24, 2.45) is 0 Å². The highest BCUT2D eigenvalue weighted by Gasteiger charge is 2.47. The van der Waals surface area contributed by atoms with Gasteiger partial charge in [-0.1, -0.05) is 23.4 Å². The first-order chi connectivity index (χ1) is 13.4. The highest BCUT2D eigenvalue weighted by Crippen LogP contribution is 2.42. The van der Waals surface area contributed by atoms with Crippen molar-refractivity contribution < 1.29 is 28.0 Å². The van der Waals surface area contributed by atoms with Crippen LogP contribution >= 0.6 is 0 Å². The number of rotatable bonds is 4. The molecule has 1 N–H and O–H groups in total. The van der Waals surface area contributed by atoms with Crippen LogP contribution in [0.1, 0.15) is 33.7 Å². The standard InChI is InChI=1S/C20H15FN2O5/c1-10-7-8-14(27-10)18(24)16-17(12-5-3-4-6-13(12)21)23(20(26)19(16)25)15-9-11(2)28-22-15/h3-9,17,25H,1-2H3. The maximum Gasteiger partial charge on any atom is 0.295 e. The number of furan rings is 1. The fraction of sp³-hybridized carbons (Fsp3) is 0.150. The van der Waals surface area contributed by atoms with E-state index in [0.29, 0.717) is 11.5 Å². The molecule has 0 aliphatic carbocycles. The molecule has 28 heavy (non-hydrogen) atoms. The molecule has 3 aromatic rings. The Bertz CT molecular complexity index is 1130. The van der Waals surface area contributed by atoms with Gasteiger partial charge in [-0.15, -0.1) is 0 Å². The normalized spacial score (nSPS) is 16.9. The van der Waals surface area contributed by atoms with Gasteiger partial charge in [0, 0.05) is 11.6 Å². The molecule has 2 aromatic heterocycles. The van der Waals surface area contributed by atoms with Crippen molar-refractivity contribution in [3.8, 4) is 0 Å². The fourth-order valence-corrected chi connectivity index (χ4v) is 3.22. The zero-order valence-electron chi connectivity index (χ0n) is 15.0. The Labute approximate surface area is 158 Å². The summed E-state index contributed by atoms with van der Waals surface area (Å²) in [5.41, 5.74) is -0.253. The number of hydrogen-bond donors (Lipinski definition) is 1. The van der Waals surface area contributed by atoms with Crippen LogP contribution in [0.2, 0.25) is 0 Å². The summed E-state index contributed by atoms with van der Waals surface area (Å²) in [5.74, 6) is -2.13. The molecule has 1 amide bonds. The minimum atomic E-state index is -1.23. The van der Waals surface area contributed by atoms with E-state index in [1.165, 1.54) is 30.3 Å². The van der Waals surface area contributed by atoms with Crippen LogP contribution < -0.4 is 4.90 Å². The first-order valence-corrected chi connectivity index (χ1v) is 8.44. The van der Waals surface area contributed by atoms with Gasteiger partial charge < -0.3 is 14.0 Å². The zero-order valence-corrected chi connectivity index (χ0v) is 15.0. The maximum atomic E-state index is 14.6. The van der Waals surface area contributed by atoms with Crippen molar-refractivity contribution in [1.29, 1.82) is 0 Å². The van der Waals surface area contributed by atoms with Crippen LogP contribution in [-0.2, 0) is 4.79 Å². The van der Waals surface area contributed by atoms with Gasteiger partial charge in [0.25, 0.3) is 5.91 Å². The van der Waals surface area contributed by atoms with Crippen molar-refractivity contribution in [2.75, 3.05) is 4.90 Å². The predicted molar refractivity (Wildman–Crippen MR) is 95.3 cm³/mol. The van der Waals surface area contributed by atoms with Gasteiger partial charge >= 0.3 is 0 Å². The molecule has 0 saturated carbocycles. The van der Waals surface area contributed by atoms with Gasteiger partial charge in [0.1, 0.15) is 17.3 Å². The van der Waals surface area contributed by atoms with Crippen LogP contribution in [0.4, 0.5) is 10.2 Å². The average molecular weight is 382 g/mol. The molecule has 1 atom stereocenters. The summed E-state index contributed by atoms with van der Waals surface area (Å²) >= 11 is 0. The molecule has 1 aromatic carbocycles. The summed E-state index contributed by atoms with van der Waals surface area (Å²) in [6, 6.07) is 8.96. The number of benzene rings is 1. The molecule has 142 valence electrons. The fourth-order valence-electron chi connectivity index (χ4n) is 3.22. The molecule has 0 bridgehead atoms. The molecule has 1 aliphatic rings. The molecular formula is C20H15FN2O5. The second kappa shape index (κ2) is 6.49. The predicted octanol–water partition coefficient (Wildman–Crippen LogP) is 3.81. The van der Waals surface area contributed by atoms with Crippen molar-refractivity contribution in [1.82, 2.24) is 5.16 Å². The van der Waals surface area contributed by atoms with E-state index in [-0.39, 0.29) is 22.7 Å². The van der Waals surface area contributed by atoms with Gasteiger partial charge in [-0.3, -0.25) is 14.5 Å². The third kappa shape index (κ3) is 2.70. The van der Waals surface area contributed by atoms with E-state index in [1.54, 1.807) is 26.0 Å². The Morgan fingerprint density at radius 2 is 1.93 bits per heavy atom. The number of amides is 1. The Balaban J connectivity index is 1.90. The lowest BCUT2D eigenvalue weighted by Crippen LogP contribution is -2.31. The number of carbonyl (C=O) groups excluding carboxylic acids is 2. The summed E-state index contributed by atoms with van der Waals surface area (Å²) in [6.45, 7) is 3.28. The van der Waals surface area contributed by atoms with Gasteiger partial charge in [-0.05, 0) is 32.0 Å². The summed E-state index contributed by atoms with van der Waals surface area (Å²) in [4.78, 5) is 26.9. The van der Waals surface area contributed by atoms with Crippen LogP contribution in [0.15, 0.2) is 62.7 Å². The molecular weight excluding hydrogens is 367 g/mol.